The first-order valence-electron chi connectivity index (χ1n) is 7.00. The molecule has 0 radical (unpaired) electrons. The molecule has 2 atom stereocenters. The summed E-state index contributed by atoms with van der Waals surface area (Å²) in [5.74, 6) is -1.19. The summed E-state index contributed by atoms with van der Waals surface area (Å²) in [4.78, 5) is 20.9. The molecule has 1 rings (SSSR count). The Kier molecular flexibility index (Phi) is 7.35. The summed E-state index contributed by atoms with van der Waals surface area (Å²) < 4.78 is 38.6. The molecule has 8 heteroatoms. The summed E-state index contributed by atoms with van der Waals surface area (Å²) in [7, 11) is 0. The average Bonchev–Trinajstić information content (AvgIpc) is 2.52. The highest BCUT2D eigenvalue weighted by Gasteiger charge is 2.33. The number of isothiocyanates is 1. The van der Waals surface area contributed by atoms with Crippen molar-refractivity contribution >= 4 is 23.3 Å². The number of hydrogen-bond acceptors (Lipinski definition) is 4. The van der Waals surface area contributed by atoms with E-state index < -0.39 is 29.6 Å². The Morgan fingerprint density at radius 3 is 2.65 bits per heavy atom. The standard InChI is InChI=1S/C15H17F3N2O2S/c1-3-12(14(21)20-22-4-2)13(19-9-23)10-6-5-7-11(8-10)15(16,17)18/h5-8,12-13H,3-4H2,1-2H3,(H,20,21). The lowest BCUT2D eigenvalue weighted by Crippen LogP contribution is -2.33. The van der Waals surface area contributed by atoms with Gasteiger partial charge in [0, 0.05) is 0 Å². The van der Waals surface area contributed by atoms with Crippen LogP contribution < -0.4 is 5.48 Å². The van der Waals surface area contributed by atoms with E-state index >= 15 is 0 Å². The van der Waals surface area contributed by atoms with E-state index in [1.165, 1.54) is 12.1 Å². The smallest absolute Gasteiger partial charge is 0.274 e. The summed E-state index contributed by atoms with van der Waals surface area (Å²) >= 11 is 4.57. The molecule has 1 aromatic carbocycles. The fraction of sp³-hybridized carbons (Fsp3) is 0.467. The van der Waals surface area contributed by atoms with Gasteiger partial charge in [-0.25, -0.2) is 10.5 Å². The maximum absolute atomic E-state index is 12.9. The zero-order valence-corrected chi connectivity index (χ0v) is 13.5. The Morgan fingerprint density at radius 2 is 2.13 bits per heavy atom. The van der Waals surface area contributed by atoms with E-state index in [4.69, 9.17) is 4.84 Å². The summed E-state index contributed by atoms with van der Waals surface area (Å²) in [5.41, 5.74) is 1.69. The van der Waals surface area contributed by atoms with Gasteiger partial charge in [0.1, 0.15) is 0 Å². The van der Waals surface area contributed by atoms with Crippen LogP contribution in [0.25, 0.3) is 0 Å². The van der Waals surface area contributed by atoms with E-state index in [-0.39, 0.29) is 12.2 Å². The number of thiocarbonyl (C=S) groups is 1. The number of benzene rings is 1. The second kappa shape index (κ2) is 8.76. The number of nitrogens with one attached hydrogen (secondary N) is 1. The molecule has 23 heavy (non-hydrogen) atoms. The zero-order chi connectivity index (χ0) is 17.5. The van der Waals surface area contributed by atoms with Gasteiger partial charge >= 0.3 is 6.18 Å². The molecule has 0 fully saturated rings. The third-order valence-corrected chi connectivity index (χ3v) is 3.33. The molecule has 4 nitrogen and oxygen atoms in total. The maximum Gasteiger partial charge on any atom is 0.416 e. The Bertz CT molecular complexity index is 586. The van der Waals surface area contributed by atoms with E-state index in [1.54, 1.807) is 13.8 Å². The number of hydroxylamine groups is 1. The van der Waals surface area contributed by atoms with Crippen LogP contribution in [0.3, 0.4) is 0 Å². The Balaban J connectivity index is 3.19. The van der Waals surface area contributed by atoms with Crippen LogP contribution in [0, 0.1) is 5.92 Å². The number of aliphatic imine (C=N–C) groups is 1. The lowest BCUT2D eigenvalue weighted by atomic mass is 9.90. The van der Waals surface area contributed by atoms with E-state index in [0.29, 0.717) is 6.42 Å². The molecule has 0 saturated heterocycles. The molecule has 0 aliphatic heterocycles. The number of nitrogens with zero attached hydrogens (tertiary/aromatic N) is 1. The van der Waals surface area contributed by atoms with Crippen molar-refractivity contribution in [3.05, 3.63) is 35.4 Å². The van der Waals surface area contributed by atoms with Crippen LogP contribution in [0.15, 0.2) is 29.3 Å². The highest BCUT2D eigenvalue weighted by molar-refractivity contribution is 7.78. The largest absolute Gasteiger partial charge is 0.416 e. The Morgan fingerprint density at radius 1 is 1.43 bits per heavy atom. The number of rotatable bonds is 7. The molecule has 0 spiro atoms. The van der Waals surface area contributed by atoms with Crippen LogP contribution in [-0.4, -0.2) is 17.7 Å². The van der Waals surface area contributed by atoms with Crippen LogP contribution in [0.1, 0.15) is 37.4 Å². The molecule has 1 aromatic rings. The van der Waals surface area contributed by atoms with Crippen LogP contribution in [0.5, 0.6) is 0 Å². The highest BCUT2D eigenvalue weighted by Crippen LogP contribution is 2.34. The highest BCUT2D eigenvalue weighted by atomic mass is 32.1. The van der Waals surface area contributed by atoms with Gasteiger partial charge in [-0.1, -0.05) is 19.1 Å². The van der Waals surface area contributed by atoms with Crippen molar-refractivity contribution in [1.29, 1.82) is 0 Å². The van der Waals surface area contributed by atoms with Gasteiger partial charge in [-0.2, -0.15) is 13.2 Å². The normalized spacial score (nSPS) is 13.8. The van der Waals surface area contributed by atoms with Gasteiger partial charge in [0.25, 0.3) is 0 Å². The predicted molar refractivity (Wildman–Crippen MR) is 82.8 cm³/mol. The maximum atomic E-state index is 12.9. The van der Waals surface area contributed by atoms with E-state index in [1.807, 2.05) is 0 Å². The minimum absolute atomic E-state index is 0.246. The predicted octanol–water partition coefficient (Wildman–Crippen LogP) is 3.94. The third-order valence-electron chi connectivity index (χ3n) is 3.22. The van der Waals surface area contributed by atoms with Crippen molar-refractivity contribution in [3.63, 3.8) is 0 Å². The summed E-state index contributed by atoms with van der Waals surface area (Å²) in [6.07, 6.45) is -4.13. The van der Waals surface area contributed by atoms with Crippen LogP contribution in [-0.2, 0) is 15.8 Å². The molecule has 0 aromatic heterocycles. The first-order valence-corrected chi connectivity index (χ1v) is 7.41. The lowest BCUT2D eigenvalue weighted by Gasteiger charge is -2.22. The number of alkyl halides is 3. The van der Waals surface area contributed by atoms with Gasteiger partial charge in [-0.05, 0) is 43.3 Å². The lowest BCUT2D eigenvalue weighted by molar-refractivity contribution is -0.138. The van der Waals surface area contributed by atoms with Gasteiger partial charge in [0.2, 0.25) is 5.91 Å². The Labute approximate surface area is 137 Å². The molecular formula is C15H17F3N2O2S. The quantitative estimate of drug-likeness (QED) is 0.462. The third kappa shape index (κ3) is 5.42. The molecule has 0 aliphatic rings. The fourth-order valence-corrected chi connectivity index (χ4v) is 2.24. The first-order chi connectivity index (χ1) is 10.8. The van der Waals surface area contributed by atoms with Gasteiger partial charge in [-0.15, -0.1) is 0 Å². The SMILES string of the molecule is CCONC(=O)C(CC)C(N=C=S)c1cccc(C(F)(F)F)c1. The van der Waals surface area contributed by atoms with Crippen molar-refractivity contribution in [2.75, 3.05) is 6.61 Å². The molecular weight excluding hydrogens is 329 g/mol. The molecule has 0 saturated carbocycles. The van der Waals surface area contributed by atoms with Crippen molar-refractivity contribution in [1.82, 2.24) is 5.48 Å². The fourth-order valence-electron chi connectivity index (χ4n) is 2.12. The average molecular weight is 346 g/mol. The molecule has 0 heterocycles. The second-order valence-electron chi connectivity index (χ2n) is 4.70. The van der Waals surface area contributed by atoms with Gasteiger partial charge in [0.15, 0.2) is 0 Å². The number of hydrogen-bond donors (Lipinski definition) is 1. The summed E-state index contributed by atoms with van der Waals surface area (Å²) in [6, 6.07) is 3.82. The van der Waals surface area contributed by atoms with Crippen LogP contribution in [0.2, 0.25) is 0 Å². The number of carbonyl (C=O) groups excluding carboxylic acids is 1. The first kappa shape index (κ1) is 19.3. The van der Waals surface area contributed by atoms with Crippen molar-refractivity contribution in [2.45, 2.75) is 32.5 Å². The summed E-state index contributed by atoms with van der Waals surface area (Å²) in [6.45, 7) is 3.70. The Hall–Kier alpha value is -1.76. The molecule has 0 aliphatic carbocycles. The van der Waals surface area contributed by atoms with Crippen molar-refractivity contribution < 1.29 is 22.8 Å². The van der Waals surface area contributed by atoms with Crippen LogP contribution >= 0.6 is 12.2 Å². The number of halogens is 3. The second-order valence-corrected chi connectivity index (χ2v) is 4.89. The van der Waals surface area contributed by atoms with Crippen molar-refractivity contribution in [2.24, 2.45) is 10.9 Å². The number of carbonyl (C=O) groups is 1. The molecule has 1 amide bonds. The summed E-state index contributed by atoms with van der Waals surface area (Å²) in [5, 5.41) is 2.16. The van der Waals surface area contributed by atoms with E-state index in [0.717, 1.165) is 12.1 Å². The van der Waals surface area contributed by atoms with E-state index in [2.05, 4.69) is 27.9 Å². The molecule has 0 bridgehead atoms. The van der Waals surface area contributed by atoms with Gasteiger partial charge in [0.05, 0.1) is 29.3 Å². The van der Waals surface area contributed by atoms with Gasteiger partial charge < -0.3 is 0 Å². The van der Waals surface area contributed by atoms with Gasteiger partial charge in [-0.3, -0.25) is 9.63 Å². The van der Waals surface area contributed by atoms with E-state index in [9.17, 15) is 18.0 Å². The van der Waals surface area contributed by atoms with Crippen LogP contribution in [0.4, 0.5) is 13.2 Å². The zero-order valence-electron chi connectivity index (χ0n) is 12.7. The minimum Gasteiger partial charge on any atom is -0.274 e. The molecule has 1 N–H and O–H groups in total. The van der Waals surface area contributed by atoms with Crippen molar-refractivity contribution in [3.8, 4) is 0 Å². The number of amides is 1. The molecule has 126 valence electrons. The monoisotopic (exact) mass is 346 g/mol. The topological polar surface area (TPSA) is 50.7 Å². The minimum atomic E-state index is -4.47. The molecule has 2 unspecified atom stereocenters.